The van der Waals surface area contributed by atoms with Crippen LogP contribution in [0.1, 0.15) is 23.2 Å². The van der Waals surface area contributed by atoms with Crippen molar-refractivity contribution in [3.63, 3.8) is 0 Å². The van der Waals surface area contributed by atoms with Crippen LogP contribution in [-0.4, -0.2) is 46.9 Å². The van der Waals surface area contributed by atoms with Crippen LogP contribution in [0.5, 0.6) is 0 Å². The molecule has 1 saturated heterocycles. The molecule has 112 valence electrons. The van der Waals surface area contributed by atoms with Crippen LogP contribution >= 0.6 is 11.3 Å². The van der Waals surface area contributed by atoms with Crippen LogP contribution in [0.2, 0.25) is 0 Å². The number of imide groups is 1. The van der Waals surface area contributed by atoms with Crippen molar-refractivity contribution in [2.75, 3.05) is 12.4 Å². The van der Waals surface area contributed by atoms with Gasteiger partial charge in [-0.15, -0.1) is 11.3 Å². The summed E-state index contributed by atoms with van der Waals surface area (Å²) < 4.78 is 0. The number of nitrogens with one attached hydrogen (secondary N) is 2. The van der Waals surface area contributed by atoms with Crippen molar-refractivity contribution in [2.24, 2.45) is 0 Å². The number of carbonyl (C=O) groups excluding carboxylic acids is 3. The van der Waals surface area contributed by atoms with Crippen LogP contribution in [0.4, 0.5) is 9.80 Å². The molecule has 1 aromatic rings. The molecule has 9 heteroatoms. The molecule has 3 N–H and O–H groups in total. The Hall–Kier alpha value is -2.42. The Kier molecular flexibility index (Phi) is 4.22. The first kappa shape index (κ1) is 15.0. The molecule has 8 nitrogen and oxygen atoms in total. The van der Waals surface area contributed by atoms with Gasteiger partial charge in [-0.25, -0.2) is 9.59 Å². The molecule has 0 spiro atoms. The second kappa shape index (κ2) is 5.92. The van der Waals surface area contributed by atoms with Crippen molar-refractivity contribution in [1.29, 1.82) is 0 Å². The molecule has 2 heterocycles. The summed E-state index contributed by atoms with van der Waals surface area (Å²) >= 11 is 1.07. The molecule has 1 unspecified atom stereocenters. The normalized spacial score (nSPS) is 18.5. The van der Waals surface area contributed by atoms with Gasteiger partial charge in [0.25, 0.3) is 5.91 Å². The van der Waals surface area contributed by atoms with Gasteiger partial charge in [0, 0.05) is 13.5 Å². The zero-order chi connectivity index (χ0) is 15.6. The summed E-state index contributed by atoms with van der Waals surface area (Å²) in [6, 6.07) is -0.0946. The molecule has 1 aliphatic heterocycles. The van der Waals surface area contributed by atoms with Gasteiger partial charge in [0.15, 0.2) is 0 Å². The standard InChI is InChI=1S/C12H13N3O5S/c1-15-8(16)3-2-7(10(15)17)13-12(20)14-9-6(11(18)19)4-5-21-9/h4-5,7H,2-3H2,1H3,(H,18,19)(H2,13,14,20). The zero-order valence-electron chi connectivity index (χ0n) is 11.1. The van der Waals surface area contributed by atoms with Gasteiger partial charge in [-0.3, -0.25) is 19.8 Å². The second-order valence-corrected chi connectivity index (χ2v) is 5.37. The Morgan fingerprint density at radius 2 is 2.14 bits per heavy atom. The van der Waals surface area contributed by atoms with Crippen molar-refractivity contribution in [1.82, 2.24) is 10.2 Å². The number of hydrogen-bond acceptors (Lipinski definition) is 5. The lowest BCUT2D eigenvalue weighted by Crippen LogP contribution is -2.53. The van der Waals surface area contributed by atoms with Crippen LogP contribution in [0, 0.1) is 0 Å². The SMILES string of the molecule is CN1C(=O)CCC(NC(=O)Nc2sccc2C(=O)O)C1=O. The van der Waals surface area contributed by atoms with Crippen molar-refractivity contribution < 1.29 is 24.3 Å². The molecule has 1 atom stereocenters. The zero-order valence-corrected chi connectivity index (χ0v) is 11.9. The Labute approximate surface area is 123 Å². The van der Waals surface area contributed by atoms with E-state index in [2.05, 4.69) is 10.6 Å². The van der Waals surface area contributed by atoms with E-state index in [9.17, 15) is 19.2 Å². The average molecular weight is 311 g/mol. The summed E-state index contributed by atoms with van der Waals surface area (Å²) in [4.78, 5) is 46.9. The first-order valence-electron chi connectivity index (χ1n) is 6.09. The monoisotopic (exact) mass is 311 g/mol. The lowest BCUT2D eigenvalue weighted by molar-refractivity contribution is -0.147. The van der Waals surface area contributed by atoms with Gasteiger partial charge in [0.1, 0.15) is 11.0 Å². The topological polar surface area (TPSA) is 116 Å². The molecule has 0 aliphatic carbocycles. The number of carboxylic acids is 1. The maximum atomic E-state index is 11.8. The molecular formula is C12H13N3O5S. The first-order chi connectivity index (χ1) is 9.90. The fourth-order valence-electron chi connectivity index (χ4n) is 1.92. The van der Waals surface area contributed by atoms with Crippen molar-refractivity contribution in [3.05, 3.63) is 17.0 Å². The van der Waals surface area contributed by atoms with E-state index in [-0.39, 0.29) is 29.3 Å². The van der Waals surface area contributed by atoms with E-state index in [1.807, 2.05) is 0 Å². The van der Waals surface area contributed by atoms with Gasteiger partial charge in [-0.1, -0.05) is 0 Å². The minimum Gasteiger partial charge on any atom is -0.478 e. The number of rotatable bonds is 3. The number of urea groups is 1. The van der Waals surface area contributed by atoms with Gasteiger partial charge < -0.3 is 10.4 Å². The van der Waals surface area contributed by atoms with Gasteiger partial charge >= 0.3 is 12.0 Å². The van der Waals surface area contributed by atoms with E-state index < -0.39 is 23.9 Å². The Bertz CT molecular complexity index is 612. The fourth-order valence-corrected chi connectivity index (χ4v) is 2.70. The Balaban J connectivity index is 1.99. The van der Waals surface area contributed by atoms with E-state index in [0.717, 1.165) is 16.2 Å². The number of carbonyl (C=O) groups is 4. The number of likely N-dealkylation sites (tertiary alicyclic amines) is 1. The third-order valence-corrected chi connectivity index (χ3v) is 3.91. The van der Waals surface area contributed by atoms with Gasteiger partial charge in [0.05, 0.1) is 5.56 Å². The Morgan fingerprint density at radius 3 is 2.81 bits per heavy atom. The number of amides is 4. The number of hydrogen-bond donors (Lipinski definition) is 3. The van der Waals surface area contributed by atoms with Crippen LogP contribution in [0.15, 0.2) is 11.4 Å². The number of piperidine rings is 1. The number of aromatic carboxylic acids is 1. The Morgan fingerprint density at radius 1 is 1.43 bits per heavy atom. The van der Waals surface area contributed by atoms with Crippen LogP contribution < -0.4 is 10.6 Å². The minimum absolute atomic E-state index is 0.0163. The summed E-state index contributed by atoms with van der Waals surface area (Å²) in [5.74, 6) is -1.92. The molecule has 0 aromatic carbocycles. The van der Waals surface area contributed by atoms with Crippen molar-refractivity contribution in [2.45, 2.75) is 18.9 Å². The van der Waals surface area contributed by atoms with E-state index in [0.29, 0.717) is 0 Å². The van der Waals surface area contributed by atoms with E-state index in [4.69, 9.17) is 5.11 Å². The molecule has 0 saturated carbocycles. The summed E-state index contributed by atoms with van der Waals surface area (Å²) in [6.45, 7) is 0. The largest absolute Gasteiger partial charge is 0.478 e. The van der Waals surface area contributed by atoms with E-state index in [1.54, 1.807) is 0 Å². The number of thiophene rings is 1. The molecule has 1 fully saturated rings. The molecule has 0 radical (unpaired) electrons. The maximum absolute atomic E-state index is 11.8. The van der Waals surface area contributed by atoms with Crippen LogP contribution in [-0.2, 0) is 9.59 Å². The van der Waals surface area contributed by atoms with Crippen molar-refractivity contribution >= 4 is 40.2 Å². The third kappa shape index (κ3) is 3.19. The van der Waals surface area contributed by atoms with E-state index >= 15 is 0 Å². The molecule has 1 aromatic heterocycles. The molecule has 21 heavy (non-hydrogen) atoms. The first-order valence-corrected chi connectivity index (χ1v) is 6.97. The average Bonchev–Trinajstić information content (AvgIpc) is 2.88. The number of likely N-dealkylation sites (N-methyl/N-ethyl adjacent to an activating group) is 1. The second-order valence-electron chi connectivity index (χ2n) is 4.45. The fraction of sp³-hybridized carbons (Fsp3) is 0.333. The summed E-state index contributed by atoms with van der Waals surface area (Å²) in [6.07, 6.45) is 0.401. The van der Waals surface area contributed by atoms with Gasteiger partial charge in [-0.05, 0) is 17.9 Å². The van der Waals surface area contributed by atoms with Crippen LogP contribution in [0.3, 0.4) is 0 Å². The minimum atomic E-state index is -1.15. The quantitative estimate of drug-likeness (QED) is 0.711. The molecule has 1 aliphatic rings. The van der Waals surface area contributed by atoms with E-state index in [1.165, 1.54) is 18.5 Å². The highest BCUT2D eigenvalue weighted by atomic mass is 32.1. The van der Waals surface area contributed by atoms with Gasteiger partial charge in [0.2, 0.25) is 5.91 Å². The highest BCUT2D eigenvalue weighted by molar-refractivity contribution is 7.14. The molecule has 2 rings (SSSR count). The highest BCUT2D eigenvalue weighted by Gasteiger charge is 2.32. The van der Waals surface area contributed by atoms with Crippen molar-refractivity contribution in [3.8, 4) is 0 Å². The number of carboxylic acid groups (broad SMARTS) is 1. The lowest BCUT2D eigenvalue weighted by Gasteiger charge is -2.28. The van der Waals surface area contributed by atoms with Crippen LogP contribution in [0.25, 0.3) is 0 Å². The summed E-state index contributed by atoms with van der Waals surface area (Å²) in [5.41, 5.74) is -0.0163. The molecular weight excluding hydrogens is 298 g/mol. The lowest BCUT2D eigenvalue weighted by atomic mass is 10.1. The number of nitrogens with zero attached hydrogens (tertiary/aromatic N) is 1. The maximum Gasteiger partial charge on any atom is 0.338 e. The summed E-state index contributed by atoms with van der Waals surface area (Å²) in [5, 5.41) is 15.5. The number of anilines is 1. The van der Waals surface area contributed by atoms with Gasteiger partial charge in [-0.2, -0.15) is 0 Å². The highest BCUT2D eigenvalue weighted by Crippen LogP contribution is 2.23. The summed E-state index contributed by atoms with van der Waals surface area (Å²) in [7, 11) is 1.36. The smallest absolute Gasteiger partial charge is 0.338 e. The molecule has 0 bridgehead atoms. The predicted molar refractivity (Wildman–Crippen MR) is 74.2 cm³/mol. The predicted octanol–water partition coefficient (Wildman–Crippen LogP) is 0.715. The third-order valence-electron chi connectivity index (χ3n) is 3.08. The molecule has 4 amide bonds.